The zero-order valence-electron chi connectivity index (χ0n) is 10.5. The third kappa shape index (κ3) is 4.61. The van der Waals surface area contributed by atoms with Crippen molar-refractivity contribution in [2.75, 3.05) is 6.61 Å². The Balaban J connectivity index is 2.69. The van der Waals surface area contributed by atoms with Crippen LogP contribution in [0.5, 0.6) is 0 Å². The molecular formula is C14H16BrFO2. The number of unbranched alkanes of at least 4 members (excludes halogenated alkanes) is 1. The molecule has 0 aliphatic carbocycles. The van der Waals surface area contributed by atoms with Gasteiger partial charge in [-0.25, -0.2) is 9.18 Å². The molecule has 0 amide bonds. The normalized spacial score (nSPS) is 11.4. The Morgan fingerprint density at radius 3 is 2.83 bits per heavy atom. The van der Waals surface area contributed by atoms with Gasteiger partial charge in [0.05, 0.1) is 11.1 Å². The number of halogens is 2. The van der Waals surface area contributed by atoms with Crippen molar-refractivity contribution >= 4 is 28.0 Å². The van der Waals surface area contributed by atoms with Gasteiger partial charge < -0.3 is 4.74 Å². The first-order valence-corrected chi connectivity index (χ1v) is 6.64. The summed E-state index contributed by atoms with van der Waals surface area (Å²) in [6.07, 6.45) is 3.45. The van der Waals surface area contributed by atoms with Crippen LogP contribution in [0.2, 0.25) is 0 Å². The van der Waals surface area contributed by atoms with Crippen LogP contribution < -0.4 is 0 Å². The average molecular weight is 315 g/mol. The van der Waals surface area contributed by atoms with Crippen molar-refractivity contribution in [1.29, 1.82) is 0 Å². The smallest absolute Gasteiger partial charge is 0.333 e. The van der Waals surface area contributed by atoms with E-state index in [0.717, 1.165) is 12.8 Å². The molecule has 0 unspecified atom stereocenters. The molecule has 1 aromatic carbocycles. The summed E-state index contributed by atoms with van der Waals surface area (Å²) in [6, 6.07) is 4.71. The monoisotopic (exact) mass is 314 g/mol. The van der Waals surface area contributed by atoms with Gasteiger partial charge in [-0.05, 0) is 53.0 Å². The number of ether oxygens (including phenoxy) is 1. The Kier molecular flexibility index (Phi) is 6.05. The standard InChI is InChI=1S/C14H16BrFO2/c1-3-4-7-18-14(17)10(2)8-11-5-6-12(15)13(16)9-11/h5-6,8-9H,3-4,7H2,1-2H3. The molecule has 0 aliphatic heterocycles. The van der Waals surface area contributed by atoms with Crippen molar-refractivity contribution in [3.63, 3.8) is 0 Å². The summed E-state index contributed by atoms with van der Waals surface area (Å²) >= 11 is 3.08. The third-order valence-corrected chi connectivity index (χ3v) is 3.02. The van der Waals surface area contributed by atoms with Gasteiger partial charge in [-0.2, -0.15) is 0 Å². The van der Waals surface area contributed by atoms with E-state index in [1.165, 1.54) is 6.07 Å². The van der Waals surface area contributed by atoms with Crippen LogP contribution in [0.1, 0.15) is 32.3 Å². The molecule has 0 saturated heterocycles. The lowest BCUT2D eigenvalue weighted by molar-refractivity contribution is -0.138. The largest absolute Gasteiger partial charge is 0.462 e. The third-order valence-electron chi connectivity index (χ3n) is 2.38. The first-order chi connectivity index (χ1) is 8.54. The van der Waals surface area contributed by atoms with E-state index in [2.05, 4.69) is 15.9 Å². The molecular weight excluding hydrogens is 299 g/mol. The molecule has 0 aromatic heterocycles. The molecule has 0 radical (unpaired) electrons. The first kappa shape index (κ1) is 14.9. The quantitative estimate of drug-likeness (QED) is 0.459. The lowest BCUT2D eigenvalue weighted by Gasteiger charge is -2.04. The summed E-state index contributed by atoms with van der Waals surface area (Å²) in [5.41, 5.74) is 1.11. The van der Waals surface area contributed by atoms with Gasteiger partial charge in [0.1, 0.15) is 5.82 Å². The van der Waals surface area contributed by atoms with Crippen molar-refractivity contribution in [1.82, 2.24) is 0 Å². The molecule has 98 valence electrons. The average Bonchev–Trinajstić information content (AvgIpc) is 2.34. The number of hydrogen-bond acceptors (Lipinski definition) is 2. The van der Waals surface area contributed by atoms with Gasteiger partial charge in [0.15, 0.2) is 0 Å². The maximum absolute atomic E-state index is 13.3. The fraction of sp³-hybridized carbons (Fsp3) is 0.357. The molecule has 0 saturated carbocycles. The summed E-state index contributed by atoms with van der Waals surface area (Å²) in [6.45, 7) is 4.12. The van der Waals surface area contributed by atoms with Crippen LogP contribution in [0.25, 0.3) is 6.08 Å². The Labute approximate surface area is 115 Å². The van der Waals surface area contributed by atoms with Crippen LogP contribution in [-0.2, 0) is 9.53 Å². The summed E-state index contributed by atoms with van der Waals surface area (Å²) < 4.78 is 18.8. The minimum Gasteiger partial charge on any atom is -0.462 e. The maximum Gasteiger partial charge on any atom is 0.333 e. The first-order valence-electron chi connectivity index (χ1n) is 5.85. The van der Waals surface area contributed by atoms with E-state index >= 15 is 0 Å². The highest BCUT2D eigenvalue weighted by molar-refractivity contribution is 9.10. The fourth-order valence-corrected chi connectivity index (χ4v) is 1.58. The fourth-order valence-electron chi connectivity index (χ4n) is 1.33. The van der Waals surface area contributed by atoms with Gasteiger partial charge in [0, 0.05) is 5.57 Å². The lowest BCUT2D eigenvalue weighted by Crippen LogP contribution is -2.06. The van der Waals surface area contributed by atoms with Gasteiger partial charge in [-0.3, -0.25) is 0 Å². The molecule has 2 nitrogen and oxygen atoms in total. The number of benzene rings is 1. The second-order valence-corrected chi connectivity index (χ2v) is 4.84. The van der Waals surface area contributed by atoms with E-state index < -0.39 is 0 Å². The lowest BCUT2D eigenvalue weighted by atomic mass is 10.1. The zero-order valence-corrected chi connectivity index (χ0v) is 12.1. The number of hydrogen-bond donors (Lipinski definition) is 0. The summed E-state index contributed by atoms with van der Waals surface area (Å²) in [5, 5.41) is 0. The van der Waals surface area contributed by atoms with Crippen LogP contribution in [0.4, 0.5) is 4.39 Å². The van der Waals surface area contributed by atoms with Gasteiger partial charge in [0.25, 0.3) is 0 Å². The van der Waals surface area contributed by atoms with Crippen molar-refractivity contribution in [2.24, 2.45) is 0 Å². The van der Waals surface area contributed by atoms with Crippen molar-refractivity contribution in [2.45, 2.75) is 26.7 Å². The van der Waals surface area contributed by atoms with Gasteiger partial charge in [0.2, 0.25) is 0 Å². The van der Waals surface area contributed by atoms with Gasteiger partial charge in [-0.1, -0.05) is 19.4 Å². The Morgan fingerprint density at radius 1 is 1.50 bits per heavy atom. The molecule has 0 N–H and O–H groups in total. The predicted octanol–water partition coefficient (Wildman–Crippen LogP) is 4.33. The number of carbonyl (C=O) groups is 1. The van der Waals surface area contributed by atoms with E-state index in [4.69, 9.17) is 4.74 Å². The van der Waals surface area contributed by atoms with E-state index in [-0.39, 0.29) is 11.8 Å². The SMILES string of the molecule is CCCCOC(=O)C(C)=Cc1ccc(Br)c(F)c1. The molecule has 1 aromatic rings. The molecule has 0 aliphatic rings. The van der Waals surface area contributed by atoms with E-state index in [1.807, 2.05) is 6.92 Å². The molecule has 0 heterocycles. The van der Waals surface area contributed by atoms with Crippen molar-refractivity contribution < 1.29 is 13.9 Å². The summed E-state index contributed by atoms with van der Waals surface area (Å²) in [5.74, 6) is -0.706. The number of rotatable bonds is 5. The maximum atomic E-state index is 13.3. The molecule has 18 heavy (non-hydrogen) atoms. The predicted molar refractivity (Wildman–Crippen MR) is 73.6 cm³/mol. The second-order valence-electron chi connectivity index (χ2n) is 3.99. The number of carbonyl (C=O) groups excluding carboxylic acids is 1. The van der Waals surface area contributed by atoms with Crippen LogP contribution in [0.15, 0.2) is 28.2 Å². The van der Waals surface area contributed by atoms with Gasteiger partial charge >= 0.3 is 5.97 Å². The van der Waals surface area contributed by atoms with Gasteiger partial charge in [-0.15, -0.1) is 0 Å². The minimum atomic E-state index is -0.355. The zero-order chi connectivity index (χ0) is 13.5. The van der Waals surface area contributed by atoms with Crippen LogP contribution in [-0.4, -0.2) is 12.6 Å². The summed E-state index contributed by atoms with van der Waals surface area (Å²) in [7, 11) is 0. The molecule has 0 fully saturated rings. The number of esters is 1. The van der Waals surface area contributed by atoms with Crippen LogP contribution >= 0.6 is 15.9 Å². The van der Waals surface area contributed by atoms with Crippen molar-refractivity contribution in [3.05, 3.63) is 39.6 Å². The van der Waals surface area contributed by atoms with Crippen LogP contribution in [0.3, 0.4) is 0 Å². The van der Waals surface area contributed by atoms with E-state index in [0.29, 0.717) is 22.2 Å². The van der Waals surface area contributed by atoms with Crippen molar-refractivity contribution in [3.8, 4) is 0 Å². The Hall–Kier alpha value is -1.16. The molecule has 0 spiro atoms. The molecule has 4 heteroatoms. The summed E-state index contributed by atoms with van der Waals surface area (Å²) in [4.78, 5) is 11.6. The minimum absolute atomic E-state index is 0.351. The highest BCUT2D eigenvalue weighted by Gasteiger charge is 2.06. The molecule has 0 atom stereocenters. The van der Waals surface area contributed by atoms with Crippen LogP contribution in [0, 0.1) is 5.82 Å². The topological polar surface area (TPSA) is 26.3 Å². The highest BCUT2D eigenvalue weighted by atomic mass is 79.9. The molecule has 1 rings (SSSR count). The Bertz CT molecular complexity index is 455. The van der Waals surface area contributed by atoms with E-state index in [9.17, 15) is 9.18 Å². The highest BCUT2D eigenvalue weighted by Crippen LogP contribution is 2.18. The van der Waals surface area contributed by atoms with E-state index in [1.54, 1.807) is 25.1 Å². The Morgan fingerprint density at radius 2 is 2.22 bits per heavy atom. The molecule has 0 bridgehead atoms. The second kappa shape index (κ2) is 7.31.